The number of carbonyl (C=O) groups excluding carboxylic acids is 1. The van der Waals surface area contributed by atoms with E-state index in [1.54, 1.807) is 11.3 Å². The Morgan fingerprint density at radius 2 is 2.60 bits per heavy atom. The van der Waals surface area contributed by atoms with Crippen LogP contribution in [0.2, 0.25) is 0 Å². The molecule has 1 atom stereocenters. The lowest BCUT2D eigenvalue weighted by Crippen LogP contribution is -2.02. The van der Waals surface area contributed by atoms with Crippen molar-refractivity contribution < 1.29 is 4.79 Å². The van der Waals surface area contributed by atoms with Gasteiger partial charge in [-0.2, -0.15) is 0 Å². The van der Waals surface area contributed by atoms with Gasteiger partial charge in [0.2, 0.25) is 0 Å². The maximum atomic E-state index is 10.1. The molecule has 1 heterocycles. The molecule has 54 valence electrons. The zero-order valence-electron chi connectivity index (χ0n) is 5.29. The van der Waals surface area contributed by atoms with Crippen LogP contribution < -0.4 is 0 Å². The van der Waals surface area contributed by atoms with Crippen LogP contribution in [0.25, 0.3) is 0 Å². The highest BCUT2D eigenvalue weighted by atomic mass is 35.5. The molecule has 0 spiro atoms. The average molecular weight is 175 g/mol. The SMILES string of the molecule is O=CC(Cl)Cc1cccs1. The van der Waals surface area contributed by atoms with Gasteiger partial charge in [0.1, 0.15) is 6.29 Å². The zero-order valence-corrected chi connectivity index (χ0v) is 6.86. The maximum Gasteiger partial charge on any atom is 0.138 e. The van der Waals surface area contributed by atoms with E-state index >= 15 is 0 Å². The molecule has 0 aliphatic heterocycles. The Balaban J connectivity index is 2.47. The van der Waals surface area contributed by atoms with Gasteiger partial charge in [-0.1, -0.05) is 6.07 Å². The molecule has 0 amide bonds. The number of thiophene rings is 1. The van der Waals surface area contributed by atoms with Crippen LogP contribution in [0.15, 0.2) is 17.5 Å². The number of rotatable bonds is 3. The van der Waals surface area contributed by atoms with E-state index in [-0.39, 0.29) is 5.38 Å². The maximum absolute atomic E-state index is 10.1. The van der Waals surface area contributed by atoms with Crippen molar-refractivity contribution in [1.29, 1.82) is 0 Å². The van der Waals surface area contributed by atoms with Crippen LogP contribution in [0.4, 0.5) is 0 Å². The smallest absolute Gasteiger partial charge is 0.138 e. The lowest BCUT2D eigenvalue weighted by atomic mass is 10.3. The van der Waals surface area contributed by atoms with Crippen molar-refractivity contribution in [2.75, 3.05) is 0 Å². The van der Waals surface area contributed by atoms with E-state index in [1.807, 2.05) is 17.5 Å². The fourth-order valence-corrected chi connectivity index (χ4v) is 1.69. The van der Waals surface area contributed by atoms with Gasteiger partial charge in [-0.05, 0) is 11.4 Å². The van der Waals surface area contributed by atoms with E-state index in [9.17, 15) is 4.79 Å². The monoisotopic (exact) mass is 174 g/mol. The first-order valence-electron chi connectivity index (χ1n) is 2.94. The Hall–Kier alpha value is -0.340. The molecule has 0 saturated carbocycles. The highest BCUT2D eigenvalue weighted by Gasteiger charge is 2.03. The highest BCUT2D eigenvalue weighted by Crippen LogP contribution is 2.12. The second-order valence-corrected chi connectivity index (χ2v) is 3.53. The second-order valence-electron chi connectivity index (χ2n) is 1.94. The summed E-state index contributed by atoms with van der Waals surface area (Å²) in [6, 6.07) is 3.93. The van der Waals surface area contributed by atoms with Gasteiger partial charge in [0, 0.05) is 11.3 Å². The van der Waals surface area contributed by atoms with Crippen molar-refractivity contribution in [2.45, 2.75) is 11.8 Å². The first-order chi connectivity index (χ1) is 4.83. The Kier molecular flexibility index (Phi) is 2.90. The molecule has 10 heavy (non-hydrogen) atoms. The van der Waals surface area contributed by atoms with Crippen molar-refractivity contribution in [1.82, 2.24) is 0 Å². The van der Waals surface area contributed by atoms with Crippen LogP contribution in [0.5, 0.6) is 0 Å². The van der Waals surface area contributed by atoms with E-state index in [1.165, 1.54) is 0 Å². The summed E-state index contributed by atoms with van der Waals surface area (Å²) in [5.41, 5.74) is 0. The van der Waals surface area contributed by atoms with E-state index in [0.717, 1.165) is 11.2 Å². The number of hydrogen-bond acceptors (Lipinski definition) is 2. The summed E-state index contributed by atoms with van der Waals surface area (Å²) in [5.74, 6) is 0. The molecule has 0 saturated heterocycles. The fraction of sp³-hybridized carbons (Fsp3) is 0.286. The Morgan fingerprint density at radius 3 is 3.10 bits per heavy atom. The molecule has 0 aliphatic carbocycles. The molecule has 1 aromatic rings. The quantitative estimate of drug-likeness (QED) is 0.507. The highest BCUT2D eigenvalue weighted by molar-refractivity contribution is 7.09. The molecular weight excluding hydrogens is 168 g/mol. The number of halogens is 1. The summed E-state index contributed by atoms with van der Waals surface area (Å²) in [6.07, 6.45) is 1.42. The molecular formula is C7H7ClOS. The van der Waals surface area contributed by atoms with Gasteiger partial charge in [-0.3, -0.25) is 0 Å². The van der Waals surface area contributed by atoms with Crippen LogP contribution in [-0.4, -0.2) is 11.7 Å². The lowest BCUT2D eigenvalue weighted by Gasteiger charge is -1.95. The zero-order chi connectivity index (χ0) is 7.40. The van der Waals surface area contributed by atoms with Gasteiger partial charge in [0.05, 0.1) is 5.38 Å². The Bertz CT molecular complexity index is 195. The third-order valence-corrected chi connectivity index (χ3v) is 2.28. The molecule has 0 N–H and O–H groups in total. The summed E-state index contributed by atoms with van der Waals surface area (Å²) in [5, 5.41) is 1.61. The van der Waals surface area contributed by atoms with Crippen LogP contribution in [0.3, 0.4) is 0 Å². The third-order valence-electron chi connectivity index (χ3n) is 1.12. The number of alkyl halides is 1. The van der Waals surface area contributed by atoms with Crippen LogP contribution in [0.1, 0.15) is 4.88 Å². The minimum absolute atomic E-state index is 0.362. The van der Waals surface area contributed by atoms with E-state index < -0.39 is 0 Å². The summed E-state index contributed by atoms with van der Waals surface area (Å²) >= 11 is 7.22. The molecule has 0 aromatic carbocycles. The predicted octanol–water partition coefficient (Wildman–Crippen LogP) is 2.10. The Morgan fingerprint density at radius 1 is 1.80 bits per heavy atom. The largest absolute Gasteiger partial charge is 0.302 e. The summed E-state index contributed by atoms with van der Waals surface area (Å²) in [7, 11) is 0. The summed E-state index contributed by atoms with van der Waals surface area (Å²) in [4.78, 5) is 11.3. The second kappa shape index (κ2) is 3.74. The molecule has 0 fully saturated rings. The minimum atomic E-state index is -0.362. The van der Waals surface area contributed by atoms with Gasteiger partial charge < -0.3 is 4.79 Å². The first-order valence-corrected chi connectivity index (χ1v) is 4.26. The van der Waals surface area contributed by atoms with Gasteiger partial charge >= 0.3 is 0 Å². The summed E-state index contributed by atoms with van der Waals surface area (Å²) in [6.45, 7) is 0. The van der Waals surface area contributed by atoms with Gasteiger partial charge in [-0.15, -0.1) is 22.9 Å². The first kappa shape index (κ1) is 7.76. The van der Waals surface area contributed by atoms with Crippen LogP contribution >= 0.6 is 22.9 Å². The normalized spacial score (nSPS) is 12.9. The molecule has 0 bridgehead atoms. The molecule has 1 nitrogen and oxygen atoms in total. The molecule has 0 radical (unpaired) electrons. The van der Waals surface area contributed by atoms with Crippen molar-refractivity contribution >= 4 is 29.2 Å². The molecule has 1 rings (SSSR count). The van der Waals surface area contributed by atoms with Crippen molar-refractivity contribution in [2.24, 2.45) is 0 Å². The summed E-state index contributed by atoms with van der Waals surface area (Å²) < 4.78 is 0. The van der Waals surface area contributed by atoms with Gasteiger partial charge in [0.25, 0.3) is 0 Å². The van der Waals surface area contributed by atoms with E-state index in [0.29, 0.717) is 6.42 Å². The molecule has 0 aliphatic rings. The number of hydrogen-bond donors (Lipinski definition) is 0. The molecule has 3 heteroatoms. The number of aldehydes is 1. The standard InChI is InChI=1S/C7H7ClOS/c8-6(5-9)4-7-2-1-3-10-7/h1-3,5-6H,4H2. The average Bonchev–Trinajstić information content (AvgIpc) is 2.40. The van der Waals surface area contributed by atoms with Crippen LogP contribution in [0, 0.1) is 0 Å². The van der Waals surface area contributed by atoms with Gasteiger partial charge in [-0.25, -0.2) is 0 Å². The Labute approximate surface area is 68.6 Å². The molecule has 1 aromatic heterocycles. The minimum Gasteiger partial charge on any atom is -0.302 e. The van der Waals surface area contributed by atoms with Crippen LogP contribution in [-0.2, 0) is 11.2 Å². The van der Waals surface area contributed by atoms with Crippen molar-refractivity contribution in [3.05, 3.63) is 22.4 Å². The number of carbonyl (C=O) groups is 1. The third kappa shape index (κ3) is 2.12. The van der Waals surface area contributed by atoms with E-state index in [4.69, 9.17) is 11.6 Å². The van der Waals surface area contributed by atoms with E-state index in [2.05, 4.69) is 0 Å². The topological polar surface area (TPSA) is 17.1 Å². The van der Waals surface area contributed by atoms with Crippen molar-refractivity contribution in [3.8, 4) is 0 Å². The van der Waals surface area contributed by atoms with Crippen molar-refractivity contribution in [3.63, 3.8) is 0 Å². The molecule has 1 unspecified atom stereocenters. The fourth-order valence-electron chi connectivity index (χ4n) is 0.669. The van der Waals surface area contributed by atoms with Gasteiger partial charge in [0.15, 0.2) is 0 Å². The predicted molar refractivity (Wildman–Crippen MR) is 43.7 cm³/mol. The lowest BCUT2D eigenvalue weighted by molar-refractivity contribution is -0.107.